The fraction of sp³-hybridized carbons (Fsp3) is 0.647. The smallest absolute Gasteiger partial charge is 0.0402 e. The standard InChI is InChI=1S/C17H24N2/c1-2-4-17-15(3-1)7-12-19(17)16-8-10-18(11-9-16)13-14-5-6-14/h1-4,14,16H,5-13H2. The number of rotatable bonds is 3. The molecule has 1 aliphatic carbocycles. The summed E-state index contributed by atoms with van der Waals surface area (Å²) in [5.41, 5.74) is 3.08. The maximum atomic E-state index is 2.70. The van der Waals surface area contributed by atoms with Gasteiger partial charge < -0.3 is 9.80 Å². The van der Waals surface area contributed by atoms with E-state index in [0.29, 0.717) is 0 Å². The summed E-state index contributed by atoms with van der Waals surface area (Å²) in [5, 5.41) is 0. The van der Waals surface area contributed by atoms with Crippen LogP contribution in [0.4, 0.5) is 5.69 Å². The van der Waals surface area contributed by atoms with E-state index in [2.05, 4.69) is 34.1 Å². The fourth-order valence-electron chi connectivity index (χ4n) is 3.82. The van der Waals surface area contributed by atoms with Crippen molar-refractivity contribution in [3.8, 4) is 0 Å². The Kier molecular flexibility index (Phi) is 2.99. The van der Waals surface area contributed by atoms with E-state index in [1.54, 1.807) is 5.56 Å². The molecule has 2 heterocycles. The SMILES string of the molecule is c1ccc2c(c1)CCN2C1CCN(CC2CC2)CC1. The molecule has 4 rings (SSSR count). The number of hydrogen-bond donors (Lipinski definition) is 0. The number of hydrogen-bond acceptors (Lipinski definition) is 2. The molecule has 2 heteroatoms. The normalized spacial score (nSPS) is 24.7. The predicted octanol–water partition coefficient (Wildman–Crippen LogP) is 2.92. The van der Waals surface area contributed by atoms with Crippen LogP contribution in [-0.2, 0) is 6.42 Å². The van der Waals surface area contributed by atoms with Gasteiger partial charge in [0.25, 0.3) is 0 Å². The molecule has 0 bridgehead atoms. The van der Waals surface area contributed by atoms with Crippen LogP contribution in [0.25, 0.3) is 0 Å². The molecule has 2 nitrogen and oxygen atoms in total. The topological polar surface area (TPSA) is 6.48 Å². The molecule has 19 heavy (non-hydrogen) atoms. The molecule has 2 aliphatic heterocycles. The van der Waals surface area contributed by atoms with Crippen molar-refractivity contribution in [1.82, 2.24) is 4.90 Å². The van der Waals surface area contributed by atoms with Gasteiger partial charge in [0.05, 0.1) is 0 Å². The lowest BCUT2D eigenvalue weighted by molar-refractivity contribution is 0.202. The maximum absolute atomic E-state index is 2.70. The lowest BCUT2D eigenvalue weighted by atomic mass is 10.0. The van der Waals surface area contributed by atoms with Gasteiger partial charge in [-0.25, -0.2) is 0 Å². The van der Waals surface area contributed by atoms with E-state index < -0.39 is 0 Å². The Morgan fingerprint density at radius 3 is 2.53 bits per heavy atom. The van der Waals surface area contributed by atoms with Crippen LogP contribution >= 0.6 is 0 Å². The van der Waals surface area contributed by atoms with Gasteiger partial charge in [0.1, 0.15) is 0 Å². The second-order valence-electron chi connectivity index (χ2n) is 6.55. The van der Waals surface area contributed by atoms with Crippen molar-refractivity contribution in [1.29, 1.82) is 0 Å². The van der Waals surface area contributed by atoms with Crippen molar-refractivity contribution in [2.75, 3.05) is 31.1 Å². The van der Waals surface area contributed by atoms with Crippen LogP contribution in [0.3, 0.4) is 0 Å². The minimum atomic E-state index is 0.791. The van der Waals surface area contributed by atoms with E-state index in [-0.39, 0.29) is 0 Å². The molecule has 0 atom stereocenters. The van der Waals surface area contributed by atoms with E-state index >= 15 is 0 Å². The maximum Gasteiger partial charge on any atom is 0.0402 e. The third-order valence-corrected chi connectivity index (χ3v) is 5.13. The second-order valence-corrected chi connectivity index (χ2v) is 6.55. The summed E-state index contributed by atoms with van der Waals surface area (Å²) in [6.45, 7) is 5.26. The van der Waals surface area contributed by atoms with Gasteiger partial charge in [-0.1, -0.05) is 18.2 Å². The first-order chi connectivity index (χ1) is 9.40. The van der Waals surface area contributed by atoms with Crippen LogP contribution < -0.4 is 4.90 Å². The van der Waals surface area contributed by atoms with Gasteiger partial charge in [-0.3, -0.25) is 0 Å². The number of benzene rings is 1. The Bertz CT molecular complexity index is 444. The molecule has 3 aliphatic rings. The molecular weight excluding hydrogens is 232 g/mol. The molecule has 0 aromatic heterocycles. The van der Waals surface area contributed by atoms with Gasteiger partial charge in [-0.15, -0.1) is 0 Å². The van der Waals surface area contributed by atoms with E-state index in [4.69, 9.17) is 0 Å². The average Bonchev–Trinajstić information content (AvgIpc) is 3.16. The average molecular weight is 256 g/mol. The van der Waals surface area contributed by atoms with Gasteiger partial charge in [-0.05, 0) is 49.7 Å². The highest BCUT2D eigenvalue weighted by Gasteiger charge is 2.31. The zero-order chi connectivity index (χ0) is 12.7. The summed E-state index contributed by atoms with van der Waals surface area (Å²) >= 11 is 0. The van der Waals surface area contributed by atoms with Crippen molar-refractivity contribution in [2.24, 2.45) is 5.92 Å². The minimum Gasteiger partial charge on any atom is -0.368 e. The van der Waals surface area contributed by atoms with Gasteiger partial charge in [-0.2, -0.15) is 0 Å². The van der Waals surface area contributed by atoms with Crippen LogP contribution in [-0.4, -0.2) is 37.1 Å². The summed E-state index contributed by atoms with van der Waals surface area (Å²) < 4.78 is 0. The Labute approximate surface area is 116 Å². The van der Waals surface area contributed by atoms with Crippen molar-refractivity contribution < 1.29 is 0 Å². The van der Waals surface area contributed by atoms with E-state index in [1.807, 2.05) is 0 Å². The van der Waals surface area contributed by atoms with E-state index in [0.717, 1.165) is 12.0 Å². The first kappa shape index (κ1) is 11.8. The molecule has 102 valence electrons. The lowest BCUT2D eigenvalue weighted by Gasteiger charge is -2.38. The fourth-order valence-corrected chi connectivity index (χ4v) is 3.82. The predicted molar refractivity (Wildman–Crippen MR) is 79.7 cm³/mol. The largest absolute Gasteiger partial charge is 0.368 e. The zero-order valence-corrected chi connectivity index (χ0v) is 11.7. The highest BCUT2D eigenvalue weighted by atomic mass is 15.2. The number of piperidine rings is 1. The number of fused-ring (bicyclic) bond motifs is 1. The molecule has 1 aromatic carbocycles. The van der Waals surface area contributed by atoms with Crippen LogP contribution in [0, 0.1) is 5.92 Å². The Morgan fingerprint density at radius 2 is 1.74 bits per heavy atom. The van der Waals surface area contributed by atoms with Crippen LogP contribution in [0.2, 0.25) is 0 Å². The number of anilines is 1. The molecule has 1 aromatic rings. The van der Waals surface area contributed by atoms with Gasteiger partial charge in [0, 0.05) is 37.9 Å². The molecule has 1 saturated carbocycles. The van der Waals surface area contributed by atoms with Gasteiger partial charge in [0.2, 0.25) is 0 Å². The van der Waals surface area contributed by atoms with Gasteiger partial charge in [0.15, 0.2) is 0 Å². The molecule has 0 spiro atoms. The molecule has 0 N–H and O–H groups in total. The van der Waals surface area contributed by atoms with E-state index in [9.17, 15) is 0 Å². The summed E-state index contributed by atoms with van der Waals surface area (Å²) in [7, 11) is 0. The van der Waals surface area contributed by atoms with Crippen LogP contribution in [0.1, 0.15) is 31.2 Å². The molecule has 0 radical (unpaired) electrons. The summed E-state index contributed by atoms with van der Waals surface area (Å²) in [6, 6.07) is 9.79. The first-order valence-electron chi connectivity index (χ1n) is 7.97. The molecule has 0 unspecified atom stereocenters. The van der Waals surface area contributed by atoms with Crippen molar-refractivity contribution in [3.63, 3.8) is 0 Å². The molecule has 2 fully saturated rings. The molecule has 1 saturated heterocycles. The Hall–Kier alpha value is -1.02. The van der Waals surface area contributed by atoms with E-state index in [1.165, 1.54) is 64.0 Å². The quantitative estimate of drug-likeness (QED) is 0.820. The summed E-state index contributed by atoms with van der Waals surface area (Å²) in [6.07, 6.45) is 6.94. The first-order valence-corrected chi connectivity index (χ1v) is 7.97. The van der Waals surface area contributed by atoms with Crippen molar-refractivity contribution >= 4 is 5.69 Å². The van der Waals surface area contributed by atoms with Crippen LogP contribution in [0.15, 0.2) is 24.3 Å². The number of para-hydroxylation sites is 1. The highest BCUT2D eigenvalue weighted by Crippen LogP contribution is 2.34. The second kappa shape index (κ2) is 4.82. The Balaban J connectivity index is 1.39. The Morgan fingerprint density at radius 1 is 0.947 bits per heavy atom. The third kappa shape index (κ3) is 2.38. The van der Waals surface area contributed by atoms with Crippen LogP contribution in [0.5, 0.6) is 0 Å². The number of nitrogens with zero attached hydrogens (tertiary/aromatic N) is 2. The van der Waals surface area contributed by atoms with Gasteiger partial charge >= 0.3 is 0 Å². The van der Waals surface area contributed by atoms with Crippen molar-refractivity contribution in [2.45, 2.75) is 38.1 Å². The third-order valence-electron chi connectivity index (χ3n) is 5.13. The summed E-state index contributed by atoms with van der Waals surface area (Å²) in [5.74, 6) is 1.05. The molecule has 0 amide bonds. The zero-order valence-electron chi connectivity index (χ0n) is 11.7. The summed E-state index contributed by atoms with van der Waals surface area (Å²) in [4.78, 5) is 5.39. The van der Waals surface area contributed by atoms with Crippen molar-refractivity contribution in [3.05, 3.63) is 29.8 Å². The molecular formula is C17H24N2. The highest BCUT2D eigenvalue weighted by molar-refractivity contribution is 5.58. The minimum absolute atomic E-state index is 0.791. The number of likely N-dealkylation sites (tertiary alicyclic amines) is 1. The monoisotopic (exact) mass is 256 g/mol. The lowest BCUT2D eigenvalue weighted by Crippen LogP contribution is -2.44.